The second kappa shape index (κ2) is 3.09. The van der Waals surface area contributed by atoms with E-state index in [0.29, 0.717) is 16.8 Å². The number of aromatic hydroxyl groups is 1. The molecule has 2 N–H and O–H groups in total. The Morgan fingerprint density at radius 1 is 1.62 bits per heavy atom. The smallest absolute Gasteiger partial charge is 0.160 e. The Hall–Kier alpha value is -0.930. The highest BCUT2D eigenvalue weighted by Gasteiger charge is 2.26. The van der Waals surface area contributed by atoms with E-state index in [4.69, 9.17) is 16.3 Å². The van der Waals surface area contributed by atoms with E-state index in [9.17, 15) is 5.11 Å². The molecule has 0 saturated carbocycles. The van der Waals surface area contributed by atoms with Crippen LogP contribution >= 0.6 is 11.6 Å². The Morgan fingerprint density at radius 3 is 2.85 bits per heavy atom. The highest BCUT2D eigenvalue weighted by molar-refractivity contribution is 6.31. The lowest BCUT2D eigenvalue weighted by molar-refractivity contribution is 0.373. The summed E-state index contributed by atoms with van der Waals surface area (Å²) < 4.78 is 4.98. The number of hydrogen-bond acceptors (Lipinski definition) is 3. The van der Waals surface area contributed by atoms with Gasteiger partial charge in [0.05, 0.1) is 7.11 Å². The number of nitrogens with one attached hydrogen (secondary N) is 1. The van der Waals surface area contributed by atoms with Crippen LogP contribution < -0.4 is 10.1 Å². The number of rotatable bonds is 2. The van der Waals surface area contributed by atoms with Crippen molar-refractivity contribution in [2.75, 3.05) is 13.7 Å². The molecule has 0 unspecified atom stereocenters. The lowest BCUT2D eigenvalue weighted by atomic mass is 10.1. The van der Waals surface area contributed by atoms with Gasteiger partial charge in [0.1, 0.15) is 0 Å². The van der Waals surface area contributed by atoms with Crippen LogP contribution in [-0.2, 0) is 0 Å². The van der Waals surface area contributed by atoms with Gasteiger partial charge in [0.15, 0.2) is 11.5 Å². The van der Waals surface area contributed by atoms with E-state index in [0.717, 1.165) is 12.1 Å². The number of phenols is 1. The number of hydrogen-bond donors (Lipinski definition) is 2. The first-order valence-electron chi connectivity index (χ1n) is 4.02. The largest absolute Gasteiger partial charge is 0.504 e. The van der Waals surface area contributed by atoms with Gasteiger partial charge in [-0.2, -0.15) is 0 Å². The molecule has 0 radical (unpaired) electrons. The molecule has 0 amide bonds. The summed E-state index contributed by atoms with van der Waals surface area (Å²) in [6.45, 7) is 0.938. The quantitative estimate of drug-likeness (QED) is 0.713. The number of benzene rings is 1. The predicted octanol–water partition coefficient (Wildman–Crippen LogP) is 1.70. The van der Waals surface area contributed by atoms with Crippen LogP contribution in [0.25, 0.3) is 0 Å². The molecule has 1 heterocycles. The first kappa shape index (κ1) is 8.66. The molecule has 1 atom stereocenters. The second-order valence-electron chi connectivity index (χ2n) is 3.01. The number of methoxy groups -OCH3 is 1. The van der Waals surface area contributed by atoms with E-state index >= 15 is 0 Å². The van der Waals surface area contributed by atoms with Gasteiger partial charge in [-0.25, -0.2) is 0 Å². The van der Waals surface area contributed by atoms with E-state index in [2.05, 4.69) is 5.32 Å². The molecule has 0 bridgehead atoms. The molecule has 13 heavy (non-hydrogen) atoms. The molecule has 2 rings (SSSR count). The van der Waals surface area contributed by atoms with Crippen LogP contribution in [0.15, 0.2) is 12.1 Å². The molecule has 1 aromatic rings. The molecule has 70 valence electrons. The van der Waals surface area contributed by atoms with E-state index in [1.54, 1.807) is 6.07 Å². The molecular weight excluding hydrogens is 190 g/mol. The number of phenolic OH excluding ortho intramolecular Hbond substituents is 1. The van der Waals surface area contributed by atoms with Crippen molar-refractivity contribution in [3.63, 3.8) is 0 Å². The van der Waals surface area contributed by atoms with Crippen molar-refractivity contribution in [2.24, 2.45) is 0 Å². The maximum Gasteiger partial charge on any atom is 0.160 e. The van der Waals surface area contributed by atoms with Gasteiger partial charge in [-0.15, -0.1) is 0 Å². The van der Waals surface area contributed by atoms with Crippen molar-refractivity contribution in [3.05, 3.63) is 22.7 Å². The van der Waals surface area contributed by atoms with Crippen molar-refractivity contribution >= 4 is 11.6 Å². The summed E-state index contributed by atoms with van der Waals surface area (Å²) in [5.41, 5.74) is 0.983. The van der Waals surface area contributed by atoms with Gasteiger partial charge < -0.3 is 15.2 Å². The Labute approximate surface area is 81.3 Å². The molecule has 1 saturated heterocycles. The fraction of sp³-hybridized carbons (Fsp3) is 0.333. The SMILES string of the molecule is COc1cc([C@H]2CN2)c(Cl)cc1O. The lowest BCUT2D eigenvalue weighted by Crippen LogP contribution is -1.90. The second-order valence-corrected chi connectivity index (χ2v) is 3.41. The van der Waals surface area contributed by atoms with Gasteiger partial charge >= 0.3 is 0 Å². The zero-order valence-corrected chi connectivity index (χ0v) is 7.93. The van der Waals surface area contributed by atoms with E-state index in [-0.39, 0.29) is 5.75 Å². The van der Waals surface area contributed by atoms with E-state index in [1.165, 1.54) is 13.2 Å². The molecule has 0 aromatic heterocycles. The van der Waals surface area contributed by atoms with Crippen molar-refractivity contribution in [1.82, 2.24) is 5.32 Å². The highest BCUT2D eigenvalue weighted by atomic mass is 35.5. The fourth-order valence-corrected chi connectivity index (χ4v) is 1.56. The third-order valence-electron chi connectivity index (χ3n) is 2.08. The monoisotopic (exact) mass is 199 g/mol. The van der Waals surface area contributed by atoms with Crippen LogP contribution in [0.4, 0.5) is 0 Å². The summed E-state index contributed by atoms with van der Waals surface area (Å²) in [6.07, 6.45) is 0. The maximum absolute atomic E-state index is 9.39. The van der Waals surface area contributed by atoms with Gasteiger partial charge in [0, 0.05) is 23.7 Å². The van der Waals surface area contributed by atoms with E-state index in [1.807, 2.05) is 0 Å². The summed E-state index contributed by atoms with van der Waals surface area (Å²) >= 11 is 5.94. The summed E-state index contributed by atoms with van der Waals surface area (Å²) in [4.78, 5) is 0. The zero-order chi connectivity index (χ0) is 9.42. The van der Waals surface area contributed by atoms with Gasteiger partial charge in [-0.3, -0.25) is 0 Å². The Morgan fingerprint density at radius 2 is 2.31 bits per heavy atom. The number of halogens is 1. The molecule has 4 heteroatoms. The summed E-state index contributed by atoms with van der Waals surface area (Å²) in [5.74, 6) is 0.546. The summed E-state index contributed by atoms with van der Waals surface area (Å²) in [6, 6.07) is 3.60. The molecule has 0 spiro atoms. The zero-order valence-electron chi connectivity index (χ0n) is 7.17. The molecule has 1 aliphatic heterocycles. The normalized spacial score (nSPS) is 20.0. The lowest BCUT2D eigenvalue weighted by Gasteiger charge is -2.07. The first-order valence-corrected chi connectivity index (χ1v) is 4.40. The molecule has 3 nitrogen and oxygen atoms in total. The fourth-order valence-electron chi connectivity index (χ4n) is 1.27. The van der Waals surface area contributed by atoms with Crippen LogP contribution in [0.5, 0.6) is 11.5 Å². The van der Waals surface area contributed by atoms with Gasteiger partial charge in [-0.05, 0) is 11.6 Å². The van der Waals surface area contributed by atoms with Gasteiger partial charge in [0.25, 0.3) is 0 Å². The standard InChI is InChI=1S/C9H10ClNO2/c1-13-9-2-5(7-4-11-7)6(10)3-8(9)12/h2-3,7,11-12H,4H2,1H3/t7-/m1/s1. The van der Waals surface area contributed by atoms with Crippen LogP contribution in [0.2, 0.25) is 5.02 Å². The minimum Gasteiger partial charge on any atom is -0.504 e. The third kappa shape index (κ3) is 1.57. The Kier molecular flexibility index (Phi) is 2.06. The summed E-state index contributed by atoms with van der Waals surface area (Å²) in [7, 11) is 1.52. The van der Waals surface area contributed by atoms with Crippen LogP contribution in [-0.4, -0.2) is 18.8 Å². The summed E-state index contributed by atoms with van der Waals surface area (Å²) in [5, 5.41) is 13.1. The van der Waals surface area contributed by atoms with Gasteiger partial charge in [0.2, 0.25) is 0 Å². The van der Waals surface area contributed by atoms with Crippen molar-refractivity contribution in [2.45, 2.75) is 6.04 Å². The van der Waals surface area contributed by atoms with E-state index < -0.39 is 0 Å². The van der Waals surface area contributed by atoms with Crippen LogP contribution in [0.3, 0.4) is 0 Å². The molecule has 1 aliphatic rings. The number of ether oxygens (including phenoxy) is 1. The average Bonchev–Trinajstić information content (AvgIpc) is 2.88. The predicted molar refractivity (Wildman–Crippen MR) is 50.4 cm³/mol. The van der Waals surface area contributed by atoms with Gasteiger partial charge in [-0.1, -0.05) is 11.6 Å². The molecule has 0 aliphatic carbocycles. The molecule has 1 aromatic carbocycles. The molecular formula is C9H10ClNO2. The van der Waals surface area contributed by atoms with Crippen molar-refractivity contribution in [1.29, 1.82) is 0 Å². The van der Waals surface area contributed by atoms with Crippen LogP contribution in [0.1, 0.15) is 11.6 Å². The third-order valence-corrected chi connectivity index (χ3v) is 2.41. The van der Waals surface area contributed by atoms with Crippen LogP contribution in [0, 0.1) is 0 Å². The first-order chi connectivity index (χ1) is 6.22. The van der Waals surface area contributed by atoms with Crippen molar-refractivity contribution < 1.29 is 9.84 Å². The minimum absolute atomic E-state index is 0.0805. The molecule has 1 fully saturated rings. The maximum atomic E-state index is 9.39. The minimum atomic E-state index is 0.0805. The topological polar surface area (TPSA) is 51.4 Å². The highest BCUT2D eigenvalue weighted by Crippen LogP contribution is 2.37. The average molecular weight is 200 g/mol. The Bertz CT molecular complexity index is 337. The van der Waals surface area contributed by atoms with Crippen molar-refractivity contribution in [3.8, 4) is 11.5 Å². The Balaban J connectivity index is 2.44.